The van der Waals surface area contributed by atoms with Gasteiger partial charge in [0.25, 0.3) is 0 Å². The number of carbonyl (C=O) groups is 1. The fourth-order valence-corrected chi connectivity index (χ4v) is 4.77. The van der Waals surface area contributed by atoms with Crippen molar-refractivity contribution in [2.45, 2.75) is 63.1 Å². The predicted octanol–water partition coefficient (Wildman–Crippen LogP) is 3.35. The van der Waals surface area contributed by atoms with E-state index in [9.17, 15) is 9.90 Å². The summed E-state index contributed by atoms with van der Waals surface area (Å²) in [6.07, 6.45) is 6.83. The molecule has 4 rings (SSSR count). The van der Waals surface area contributed by atoms with E-state index >= 15 is 0 Å². The van der Waals surface area contributed by atoms with E-state index in [4.69, 9.17) is 0 Å². The first-order valence-corrected chi connectivity index (χ1v) is 9.75. The molecule has 1 amide bonds. The number of piperidine rings is 2. The van der Waals surface area contributed by atoms with E-state index < -0.39 is 0 Å². The van der Waals surface area contributed by atoms with Crippen LogP contribution in [0.5, 0.6) is 0 Å². The molecule has 3 aliphatic rings. The molecule has 7 heteroatoms. The van der Waals surface area contributed by atoms with Gasteiger partial charge in [-0.1, -0.05) is 12.1 Å². The Morgan fingerprint density at radius 3 is 2.37 bits per heavy atom. The molecule has 3 N–H and O–H groups in total. The van der Waals surface area contributed by atoms with Crippen LogP contribution in [-0.2, 0) is 4.79 Å². The quantitative estimate of drug-likeness (QED) is 0.705. The molecular formula is C20H31Cl2N3O2. The summed E-state index contributed by atoms with van der Waals surface area (Å²) in [5, 5.41) is 16.5. The van der Waals surface area contributed by atoms with Gasteiger partial charge in [0.15, 0.2) is 0 Å². The van der Waals surface area contributed by atoms with Crippen molar-refractivity contribution >= 4 is 42.1 Å². The van der Waals surface area contributed by atoms with Gasteiger partial charge < -0.3 is 20.6 Å². The number of benzene rings is 1. The van der Waals surface area contributed by atoms with Crippen LogP contribution in [0.4, 0.5) is 11.4 Å². The molecule has 2 atom stereocenters. The van der Waals surface area contributed by atoms with E-state index in [1.807, 2.05) is 18.2 Å². The van der Waals surface area contributed by atoms with Crippen LogP contribution in [0.2, 0.25) is 0 Å². The molecule has 0 aromatic heterocycles. The summed E-state index contributed by atoms with van der Waals surface area (Å²) < 4.78 is 0. The number of aliphatic hydroxyl groups excluding tert-OH is 1. The van der Waals surface area contributed by atoms with E-state index in [0.717, 1.165) is 50.1 Å². The molecule has 2 unspecified atom stereocenters. The molecule has 2 bridgehead atoms. The van der Waals surface area contributed by atoms with Crippen molar-refractivity contribution in [1.29, 1.82) is 0 Å². The maximum absolute atomic E-state index is 12.6. The van der Waals surface area contributed by atoms with Gasteiger partial charge in [0.2, 0.25) is 5.91 Å². The highest BCUT2D eigenvalue weighted by Gasteiger charge is 2.34. The lowest BCUT2D eigenvalue weighted by atomic mass is 9.89. The van der Waals surface area contributed by atoms with Gasteiger partial charge in [-0.3, -0.25) is 4.79 Å². The Morgan fingerprint density at radius 2 is 1.70 bits per heavy atom. The standard InChI is InChI=1S/C20H29N3O2.2ClH/c24-17-7-9-23(10-8-17)19-4-2-1-3-18(19)22-20(25)13-14-11-15-5-6-16(12-14)21-15;;/h1-4,14-17,21,24H,5-13H2,(H,22,25);2*1H. The zero-order valence-electron chi connectivity index (χ0n) is 15.6. The van der Waals surface area contributed by atoms with E-state index in [1.54, 1.807) is 0 Å². The zero-order chi connectivity index (χ0) is 17.2. The highest BCUT2D eigenvalue weighted by Crippen LogP contribution is 2.33. The second-order valence-electron chi connectivity index (χ2n) is 7.96. The smallest absolute Gasteiger partial charge is 0.224 e. The molecule has 3 heterocycles. The van der Waals surface area contributed by atoms with Crippen LogP contribution in [0.1, 0.15) is 44.9 Å². The Hall–Kier alpha value is -1.01. The molecule has 0 saturated carbocycles. The van der Waals surface area contributed by atoms with Gasteiger partial charge in [0, 0.05) is 31.6 Å². The van der Waals surface area contributed by atoms with Crippen LogP contribution in [0.3, 0.4) is 0 Å². The molecule has 5 nitrogen and oxygen atoms in total. The molecule has 0 spiro atoms. The number of carbonyl (C=O) groups excluding carboxylic acids is 1. The molecule has 0 aliphatic carbocycles. The predicted molar refractivity (Wildman–Crippen MR) is 114 cm³/mol. The molecule has 1 aromatic rings. The fraction of sp³-hybridized carbons (Fsp3) is 0.650. The lowest BCUT2D eigenvalue weighted by Crippen LogP contribution is -2.39. The van der Waals surface area contributed by atoms with Crippen molar-refractivity contribution in [1.82, 2.24) is 5.32 Å². The molecule has 152 valence electrons. The van der Waals surface area contributed by atoms with Crippen LogP contribution in [-0.4, -0.2) is 42.3 Å². The second kappa shape index (κ2) is 9.97. The first-order valence-electron chi connectivity index (χ1n) is 9.75. The topological polar surface area (TPSA) is 64.6 Å². The summed E-state index contributed by atoms with van der Waals surface area (Å²) in [5.41, 5.74) is 1.98. The number of fused-ring (bicyclic) bond motifs is 2. The third kappa shape index (κ3) is 5.50. The Balaban J connectivity index is 0.00000131. The Morgan fingerprint density at radius 1 is 1.07 bits per heavy atom. The number of amides is 1. The van der Waals surface area contributed by atoms with Crippen molar-refractivity contribution in [2.24, 2.45) is 5.92 Å². The molecule has 3 fully saturated rings. The van der Waals surface area contributed by atoms with E-state index in [1.165, 1.54) is 12.8 Å². The number of para-hydroxylation sites is 2. The number of anilines is 2. The van der Waals surface area contributed by atoms with Crippen molar-refractivity contribution in [3.63, 3.8) is 0 Å². The number of rotatable bonds is 4. The van der Waals surface area contributed by atoms with Crippen LogP contribution in [0, 0.1) is 5.92 Å². The lowest BCUT2D eigenvalue weighted by Gasteiger charge is -2.33. The van der Waals surface area contributed by atoms with Gasteiger partial charge in [-0.25, -0.2) is 0 Å². The summed E-state index contributed by atoms with van der Waals surface area (Å²) >= 11 is 0. The van der Waals surface area contributed by atoms with E-state index in [2.05, 4.69) is 21.6 Å². The highest BCUT2D eigenvalue weighted by molar-refractivity contribution is 5.94. The molecule has 1 aromatic carbocycles. The maximum Gasteiger partial charge on any atom is 0.224 e. The number of halogens is 2. The average Bonchev–Trinajstić information content (AvgIpc) is 2.95. The van der Waals surface area contributed by atoms with Crippen LogP contribution < -0.4 is 15.5 Å². The molecule has 3 aliphatic heterocycles. The van der Waals surface area contributed by atoms with Crippen molar-refractivity contribution in [2.75, 3.05) is 23.3 Å². The SMILES string of the molecule is Cl.Cl.O=C(CC1CC2CCC(C1)N2)Nc1ccccc1N1CCC(O)CC1. The Bertz CT molecular complexity index is 611. The normalized spacial score (nSPS) is 27.4. The van der Waals surface area contributed by atoms with E-state index in [0.29, 0.717) is 24.4 Å². The number of hydrogen-bond acceptors (Lipinski definition) is 4. The summed E-state index contributed by atoms with van der Waals surface area (Å²) in [4.78, 5) is 14.9. The number of nitrogens with zero attached hydrogens (tertiary/aromatic N) is 1. The molecule has 0 radical (unpaired) electrons. The minimum absolute atomic E-state index is 0. The first kappa shape index (κ1) is 22.3. The van der Waals surface area contributed by atoms with Gasteiger partial charge >= 0.3 is 0 Å². The highest BCUT2D eigenvalue weighted by atomic mass is 35.5. The van der Waals surface area contributed by atoms with Crippen LogP contribution in [0.25, 0.3) is 0 Å². The van der Waals surface area contributed by atoms with Crippen LogP contribution >= 0.6 is 24.8 Å². The summed E-state index contributed by atoms with van der Waals surface area (Å²) in [7, 11) is 0. The zero-order valence-corrected chi connectivity index (χ0v) is 17.2. The van der Waals surface area contributed by atoms with Crippen LogP contribution in [0.15, 0.2) is 24.3 Å². The van der Waals surface area contributed by atoms with Crippen molar-refractivity contribution < 1.29 is 9.90 Å². The van der Waals surface area contributed by atoms with Gasteiger partial charge in [-0.2, -0.15) is 0 Å². The Labute approximate surface area is 174 Å². The maximum atomic E-state index is 12.6. The third-order valence-electron chi connectivity index (χ3n) is 6.03. The molecular weight excluding hydrogens is 385 g/mol. The van der Waals surface area contributed by atoms with Gasteiger partial charge in [-0.15, -0.1) is 24.8 Å². The molecule has 3 saturated heterocycles. The largest absolute Gasteiger partial charge is 0.393 e. The van der Waals surface area contributed by atoms with Gasteiger partial charge in [0.05, 0.1) is 17.5 Å². The summed E-state index contributed by atoms with van der Waals surface area (Å²) in [6.45, 7) is 1.68. The lowest BCUT2D eigenvalue weighted by molar-refractivity contribution is -0.117. The Kier molecular flexibility index (Phi) is 8.22. The number of nitrogens with one attached hydrogen (secondary N) is 2. The minimum atomic E-state index is -0.187. The average molecular weight is 416 g/mol. The minimum Gasteiger partial charge on any atom is -0.393 e. The number of hydrogen-bond donors (Lipinski definition) is 3. The van der Waals surface area contributed by atoms with Gasteiger partial charge in [-0.05, 0) is 56.6 Å². The third-order valence-corrected chi connectivity index (χ3v) is 6.03. The van der Waals surface area contributed by atoms with Gasteiger partial charge in [0.1, 0.15) is 0 Å². The summed E-state index contributed by atoms with van der Waals surface area (Å²) in [5.74, 6) is 0.645. The molecule has 27 heavy (non-hydrogen) atoms. The second-order valence-corrected chi connectivity index (χ2v) is 7.96. The monoisotopic (exact) mass is 415 g/mol. The van der Waals surface area contributed by atoms with E-state index in [-0.39, 0.29) is 36.8 Å². The fourth-order valence-electron chi connectivity index (χ4n) is 4.77. The first-order chi connectivity index (χ1) is 12.2. The summed E-state index contributed by atoms with van der Waals surface area (Å²) in [6, 6.07) is 9.30. The van der Waals surface area contributed by atoms with Crippen molar-refractivity contribution in [3.8, 4) is 0 Å². The van der Waals surface area contributed by atoms with Crippen molar-refractivity contribution in [3.05, 3.63) is 24.3 Å². The number of aliphatic hydroxyl groups is 1.